The van der Waals surface area contributed by atoms with Crippen LogP contribution in [0.1, 0.15) is 120 Å². The zero-order valence-corrected chi connectivity index (χ0v) is 49.7. The highest BCUT2D eigenvalue weighted by Crippen LogP contribution is 2.13. The lowest BCUT2D eigenvalue weighted by atomic mass is 9.96. The maximum Gasteiger partial charge on any atom is 0.326 e. The number of nitrogens with two attached hydrogens (primary N) is 2. The van der Waals surface area contributed by atoms with Gasteiger partial charge in [0.25, 0.3) is 0 Å². The highest BCUT2D eigenvalue weighted by Gasteiger charge is 2.37. The predicted molar refractivity (Wildman–Crippen MR) is 306 cm³/mol. The minimum Gasteiger partial charge on any atom is -0.481 e. The van der Waals surface area contributed by atoms with Crippen molar-refractivity contribution in [2.45, 2.75) is 193 Å². The van der Waals surface area contributed by atoms with Gasteiger partial charge >= 0.3 is 17.9 Å². The third-order valence-corrected chi connectivity index (χ3v) is 13.1. The van der Waals surface area contributed by atoms with E-state index in [1.165, 1.54) is 27.7 Å². The van der Waals surface area contributed by atoms with Crippen LogP contribution < -0.4 is 70.0 Å². The summed E-state index contributed by atoms with van der Waals surface area (Å²) in [5.74, 6) is -15.6. The first kappa shape index (κ1) is 74.5. The summed E-state index contributed by atoms with van der Waals surface area (Å²) in [6, 6.07) is -8.10. The lowest BCUT2D eigenvalue weighted by Gasteiger charge is -2.29. The molecule has 0 radical (unpaired) electrons. The summed E-state index contributed by atoms with van der Waals surface area (Å²) >= 11 is 0. The Bertz CT molecular complexity index is 2500. The number of guanidine groups is 1. The van der Waals surface area contributed by atoms with Gasteiger partial charge in [-0.05, 0) is 76.7 Å². The van der Waals surface area contributed by atoms with E-state index < -0.39 is 174 Å². The molecule has 0 aliphatic heterocycles. The molecule has 0 spiro atoms. The van der Waals surface area contributed by atoms with Gasteiger partial charge in [0.2, 0.25) is 59.1 Å². The third-order valence-electron chi connectivity index (χ3n) is 13.1. The summed E-state index contributed by atoms with van der Waals surface area (Å²) in [7, 11) is 0. The van der Waals surface area contributed by atoms with E-state index in [0.29, 0.717) is 12.0 Å². The molecular formula is C54H88N14O17. The van der Waals surface area contributed by atoms with Crippen LogP contribution in [0.25, 0.3) is 0 Å². The summed E-state index contributed by atoms with van der Waals surface area (Å²) in [4.78, 5) is 171. The van der Waals surface area contributed by atoms with E-state index in [4.69, 9.17) is 16.9 Å². The summed E-state index contributed by atoms with van der Waals surface area (Å²) in [6.07, 6.45) is -3.18. The number of rotatable bonds is 38. The summed E-state index contributed by atoms with van der Waals surface area (Å²) in [5.41, 5.74) is 11.7. The third kappa shape index (κ3) is 28.1. The normalized spacial score (nSPS) is 15.7. The number of carboxylic acid groups (broad SMARTS) is 3. The number of aliphatic hydroxyl groups is 1. The molecule has 31 nitrogen and oxygen atoms in total. The lowest BCUT2D eigenvalue weighted by molar-refractivity contribution is -0.144. The van der Waals surface area contributed by atoms with E-state index in [-0.39, 0.29) is 50.5 Å². The van der Waals surface area contributed by atoms with Crippen LogP contribution in [0.2, 0.25) is 0 Å². The van der Waals surface area contributed by atoms with Crippen LogP contribution in [0.15, 0.2) is 30.3 Å². The Morgan fingerprint density at radius 2 is 0.871 bits per heavy atom. The van der Waals surface area contributed by atoms with Crippen molar-refractivity contribution in [1.82, 2.24) is 58.5 Å². The van der Waals surface area contributed by atoms with Crippen molar-refractivity contribution in [3.05, 3.63) is 35.9 Å². The number of carbonyl (C=O) groups excluding carboxylic acids is 10. The highest BCUT2D eigenvalue weighted by molar-refractivity contribution is 5.99. The maximum atomic E-state index is 13.8. The van der Waals surface area contributed by atoms with Crippen molar-refractivity contribution in [2.75, 3.05) is 6.54 Å². The van der Waals surface area contributed by atoms with Gasteiger partial charge in [-0.3, -0.25) is 62.9 Å². The van der Waals surface area contributed by atoms with Crippen molar-refractivity contribution in [3.63, 3.8) is 0 Å². The fourth-order valence-electron chi connectivity index (χ4n) is 8.03. The zero-order valence-electron chi connectivity index (χ0n) is 49.7. The number of hydrogen-bond donors (Lipinski definition) is 18. The predicted octanol–water partition coefficient (Wildman–Crippen LogP) is -3.72. The smallest absolute Gasteiger partial charge is 0.326 e. The maximum absolute atomic E-state index is 13.8. The minimum absolute atomic E-state index is 0.00983. The fraction of sp³-hybridized carbons (Fsp3) is 0.630. The number of amides is 10. The molecule has 0 unspecified atom stereocenters. The molecule has 13 atom stereocenters. The highest BCUT2D eigenvalue weighted by atomic mass is 16.4. The molecule has 0 saturated heterocycles. The average molecular weight is 1210 g/mol. The molecule has 0 aromatic heterocycles. The van der Waals surface area contributed by atoms with Gasteiger partial charge in [0.05, 0.1) is 18.9 Å². The standard InChI is InChI=1S/C54H88N14O17/c1-11-27(6)42(68-51(82)41(55)31(10)69)52(83)66-35(21-26(4)5)49(80)65-36(23-39(70)71)48(79)61-30(9)45(76)63-34(20-25(2)3)47(78)60-28(7)43(74)59-29(8)44(75)62-33(18-15-19-58-54(56)57)46(77)64-37(24-40(72)73)50(81)67-38(53(84)85)22-32-16-13-12-14-17-32/h12-14,16-17,25-31,33-38,41-42,69H,11,15,18-24,55H2,1-10H3,(H,59,74)(H,60,78)(H,61,79)(H,62,75)(H,63,76)(H,64,77)(H,65,80)(H,66,83)(H,67,81)(H,68,82)(H,70,71)(H,72,73)(H,84,85)(H4,56,57,58)/t27-,28-,29-,30-,31+,33-,34-,35-,36-,37-,38-,41-,42-/m0/s1. The largest absolute Gasteiger partial charge is 0.481 e. The van der Waals surface area contributed by atoms with Crippen LogP contribution in [0.5, 0.6) is 0 Å². The average Bonchev–Trinajstić information content (AvgIpc) is 3.63. The molecule has 0 bridgehead atoms. The van der Waals surface area contributed by atoms with Gasteiger partial charge in [0.15, 0.2) is 5.96 Å². The van der Waals surface area contributed by atoms with Gasteiger partial charge in [-0.1, -0.05) is 78.3 Å². The Balaban J connectivity index is 3.22. The molecule has 0 saturated carbocycles. The van der Waals surface area contributed by atoms with Gasteiger partial charge in [-0.15, -0.1) is 0 Å². The van der Waals surface area contributed by atoms with Crippen molar-refractivity contribution in [3.8, 4) is 0 Å². The Morgan fingerprint density at radius 3 is 1.29 bits per heavy atom. The molecule has 10 amide bonds. The first-order valence-electron chi connectivity index (χ1n) is 27.8. The molecule has 0 aliphatic carbocycles. The molecule has 1 aromatic carbocycles. The SMILES string of the molecule is CC[C@H](C)[C@H](NC(=O)[C@@H](N)[C@@H](C)O)C(=O)N[C@@H](CC(C)C)C(=O)N[C@@H](CC(=O)O)C(=O)N[C@@H](C)C(=O)N[C@@H](CC(C)C)C(=O)N[C@@H](C)C(=O)N[C@@H](C)C(=O)N[C@@H](CCCNC(=N)N)C(=O)N[C@@H](CC(=O)O)C(=O)N[C@@H](Cc1ccccc1)C(=O)O. The number of aliphatic hydroxyl groups excluding tert-OH is 1. The van der Waals surface area contributed by atoms with E-state index in [1.807, 2.05) is 0 Å². The van der Waals surface area contributed by atoms with Crippen LogP contribution in [0.3, 0.4) is 0 Å². The van der Waals surface area contributed by atoms with Gasteiger partial charge < -0.3 is 90.4 Å². The number of carboxylic acids is 3. The number of nitrogens with one attached hydrogen (secondary N) is 12. The second-order valence-corrected chi connectivity index (χ2v) is 21.7. The fourth-order valence-corrected chi connectivity index (χ4v) is 8.03. The second kappa shape index (κ2) is 37.0. The van der Waals surface area contributed by atoms with E-state index >= 15 is 0 Å². The molecule has 20 N–H and O–H groups in total. The van der Waals surface area contributed by atoms with Crippen LogP contribution in [0.4, 0.5) is 0 Å². The second-order valence-electron chi connectivity index (χ2n) is 21.7. The number of benzene rings is 1. The lowest BCUT2D eigenvalue weighted by Crippen LogP contribution is -2.61. The van der Waals surface area contributed by atoms with Gasteiger partial charge in [-0.2, -0.15) is 0 Å². The quantitative estimate of drug-likeness (QED) is 0.0172. The van der Waals surface area contributed by atoms with E-state index in [2.05, 4.69) is 58.5 Å². The molecule has 476 valence electrons. The Kier molecular flexibility index (Phi) is 32.4. The van der Waals surface area contributed by atoms with Crippen molar-refractivity contribution >= 4 is 82.9 Å². The van der Waals surface area contributed by atoms with Crippen molar-refractivity contribution in [1.29, 1.82) is 5.41 Å². The molecule has 0 heterocycles. The summed E-state index contributed by atoms with van der Waals surface area (Å²) < 4.78 is 0. The van der Waals surface area contributed by atoms with E-state index in [0.717, 1.165) is 0 Å². The minimum atomic E-state index is -1.83. The monoisotopic (exact) mass is 1200 g/mol. The zero-order chi connectivity index (χ0) is 65.0. The molecular weight excluding hydrogens is 1120 g/mol. The molecule has 0 fully saturated rings. The first-order chi connectivity index (χ1) is 39.6. The Hall–Kier alpha value is -8.48. The molecule has 85 heavy (non-hydrogen) atoms. The first-order valence-corrected chi connectivity index (χ1v) is 27.8. The van der Waals surface area contributed by atoms with Crippen LogP contribution in [-0.4, -0.2) is 182 Å². The van der Waals surface area contributed by atoms with Crippen molar-refractivity contribution < 1.29 is 82.8 Å². The Morgan fingerprint density at radius 1 is 0.494 bits per heavy atom. The summed E-state index contributed by atoms with van der Waals surface area (Å²) in [5, 5.41) is 72.9. The van der Waals surface area contributed by atoms with Gasteiger partial charge in [-0.25, -0.2) is 4.79 Å². The Labute approximate surface area is 493 Å². The number of carbonyl (C=O) groups is 13. The number of hydrogen-bond acceptors (Lipinski definition) is 16. The molecule has 1 aromatic rings. The molecule has 1 rings (SSSR count). The molecule has 31 heteroatoms. The number of aliphatic carboxylic acids is 3. The van der Waals surface area contributed by atoms with Crippen LogP contribution >= 0.6 is 0 Å². The van der Waals surface area contributed by atoms with Crippen LogP contribution in [-0.2, 0) is 68.7 Å². The summed E-state index contributed by atoms with van der Waals surface area (Å²) in [6.45, 7) is 15.3. The van der Waals surface area contributed by atoms with Crippen molar-refractivity contribution in [2.24, 2.45) is 29.2 Å². The molecule has 0 aliphatic rings. The van der Waals surface area contributed by atoms with Gasteiger partial charge in [0, 0.05) is 13.0 Å². The van der Waals surface area contributed by atoms with Gasteiger partial charge in [0.1, 0.15) is 66.5 Å². The topological polar surface area (TPSA) is 511 Å². The van der Waals surface area contributed by atoms with E-state index in [1.54, 1.807) is 71.9 Å². The van der Waals surface area contributed by atoms with E-state index in [9.17, 15) is 82.8 Å². The van der Waals surface area contributed by atoms with Crippen LogP contribution in [0, 0.1) is 23.2 Å².